The summed E-state index contributed by atoms with van der Waals surface area (Å²) in [7, 11) is 1.59. The van der Waals surface area contributed by atoms with Crippen molar-refractivity contribution in [3.05, 3.63) is 30.0 Å². The third kappa shape index (κ3) is 7.16. The molecule has 0 aliphatic heterocycles. The standard InChI is InChI=1S/C19H26N4O4S/c1-4-5-6-9-20-18(25)23-15-7-8-16(14(10-15)12-26-3)27-17-11-21-19(28-17)22-13(2)24/h7-8,10-11H,4-6,9,12H2,1-3H3,(H2,20,23,25)(H,21,22,24). The predicted molar refractivity (Wildman–Crippen MR) is 110 cm³/mol. The van der Waals surface area contributed by atoms with Gasteiger partial charge in [-0.15, -0.1) is 0 Å². The van der Waals surface area contributed by atoms with Crippen molar-refractivity contribution in [3.63, 3.8) is 0 Å². The number of nitrogens with one attached hydrogen (secondary N) is 3. The van der Waals surface area contributed by atoms with E-state index in [4.69, 9.17) is 9.47 Å². The van der Waals surface area contributed by atoms with Crippen LogP contribution >= 0.6 is 11.3 Å². The van der Waals surface area contributed by atoms with Gasteiger partial charge >= 0.3 is 6.03 Å². The summed E-state index contributed by atoms with van der Waals surface area (Å²) < 4.78 is 11.1. The van der Waals surface area contributed by atoms with Crippen LogP contribution in [0, 0.1) is 0 Å². The van der Waals surface area contributed by atoms with Gasteiger partial charge < -0.3 is 25.4 Å². The first-order valence-corrected chi connectivity index (χ1v) is 9.91. The summed E-state index contributed by atoms with van der Waals surface area (Å²) in [6, 6.07) is 5.09. The van der Waals surface area contributed by atoms with Crippen LogP contribution in [0.3, 0.4) is 0 Å². The minimum absolute atomic E-state index is 0.190. The molecule has 0 fully saturated rings. The summed E-state index contributed by atoms with van der Waals surface area (Å²) in [5.41, 5.74) is 1.43. The highest BCUT2D eigenvalue weighted by molar-refractivity contribution is 7.17. The highest BCUT2D eigenvalue weighted by Gasteiger charge is 2.11. The maximum absolute atomic E-state index is 12.0. The number of aromatic nitrogens is 1. The molecule has 1 heterocycles. The number of carbonyl (C=O) groups excluding carboxylic acids is 2. The molecule has 152 valence electrons. The second-order valence-electron chi connectivity index (χ2n) is 6.11. The van der Waals surface area contributed by atoms with Gasteiger partial charge in [0.1, 0.15) is 5.75 Å². The van der Waals surface area contributed by atoms with E-state index in [0.717, 1.165) is 24.8 Å². The molecule has 0 radical (unpaired) electrons. The van der Waals surface area contributed by atoms with E-state index in [0.29, 0.717) is 34.8 Å². The minimum atomic E-state index is -0.240. The average molecular weight is 407 g/mol. The second-order valence-corrected chi connectivity index (χ2v) is 7.10. The van der Waals surface area contributed by atoms with Crippen molar-refractivity contribution >= 4 is 34.1 Å². The molecule has 0 atom stereocenters. The fraction of sp³-hybridized carbons (Fsp3) is 0.421. The van der Waals surface area contributed by atoms with Crippen molar-refractivity contribution in [1.82, 2.24) is 10.3 Å². The van der Waals surface area contributed by atoms with Crippen molar-refractivity contribution in [2.24, 2.45) is 0 Å². The number of ether oxygens (including phenoxy) is 2. The summed E-state index contributed by atoms with van der Waals surface area (Å²) >= 11 is 1.22. The fourth-order valence-corrected chi connectivity index (χ4v) is 3.13. The SMILES string of the molecule is CCCCCNC(=O)Nc1ccc(Oc2cnc(NC(C)=O)s2)c(COC)c1. The molecular weight excluding hydrogens is 380 g/mol. The quantitative estimate of drug-likeness (QED) is 0.509. The summed E-state index contributed by atoms with van der Waals surface area (Å²) in [5, 5.41) is 9.27. The minimum Gasteiger partial charge on any atom is -0.445 e. The Hall–Kier alpha value is -2.65. The number of anilines is 2. The Bertz CT molecular complexity index is 794. The maximum atomic E-state index is 12.0. The first-order valence-electron chi connectivity index (χ1n) is 9.09. The van der Waals surface area contributed by atoms with Gasteiger partial charge in [0.25, 0.3) is 0 Å². The van der Waals surface area contributed by atoms with Gasteiger partial charge in [-0.25, -0.2) is 9.78 Å². The zero-order chi connectivity index (χ0) is 20.4. The van der Waals surface area contributed by atoms with Gasteiger partial charge in [-0.05, 0) is 24.6 Å². The van der Waals surface area contributed by atoms with Crippen LogP contribution in [0.4, 0.5) is 15.6 Å². The number of thiazole rings is 1. The Morgan fingerprint density at radius 1 is 1.21 bits per heavy atom. The third-order valence-electron chi connectivity index (χ3n) is 3.66. The zero-order valence-electron chi connectivity index (χ0n) is 16.3. The van der Waals surface area contributed by atoms with E-state index in [-0.39, 0.29) is 11.9 Å². The maximum Gasteiger partial charge on any atom is 0.319 e. The van der Waals surface area contributed by atoms with E-state index in [9.17, 15) is 9.59 Å². The summed E-state index contributed by atoms with van der Waals surface area (Å²) in [6.07, 6.45) is 4.70. The van der Waals surface area contributed by atoms with E-state index in [1.165, 1.54) is 18.3 Å². The number of methoxy groups -OCH3 is 1. The fourth-order valence-electron chi connectivity index (χ4n) is 2.40. The molecule has 0 saturated carbocycles. The van der Waals surface area contributed by atoms with Crippen LogP contribution in [0.2, 0.25) is 0 Å². The number of carbonyl (C=O) groups is 2. The normalized spacial score (nSPS) is 10.4. The molecule has 2 rings (SSSR count). The molecule has 0 aliphatic rings. The molecule has 0 saturated heterocycles. The van der Waals surface area contributed by atoms with Crippen molar-refractivity contribution in [1.29, 1.82) is 0 Å². The lowest BCUT2D eigenvalue weighted by atomic mass is 10.2. The predicted octanol–water partition coefficient (Wildman–Crippen LogP) is 4.35. The number of nitrogens with zero attached hydrogens (tertiary/aromatic N) is 1. The van der Waals surface area contributed by atoms with E-state index < -0.39 is 0 Å². The Morgan fingerprint density at radius 2 is 2.04 bits per heavy atom. The number of hydrogen-bond donors (Lipinski definition) is 3. The first kappa shape index (κ1) is 21.6. The Labute approximate surface area is 168 Å². The number of benzene rings is 1. The van der Waals surface area contributed by atoms with Crippen molar-refractivity contribution in [3.8, 4) is 10.8 Å². The first-order chi connectivity index (χ1) is 13.5. The Morgan fingerprint density at radius 3 is 2.75 bits per heavy atom. The van der Waals surface area contributed by atoms with Gasteiger partial charge in [0.15, 0.2) is 5.13 Å². The molecule has 9 heteroatoms. The molecule has 8 nitrogen and oxygen atoms in total. The lowest BCUT2D eigenvalue weighted by Gasteiger charge is -2.12. The lowest BCUT2D eigenvalue weighted by molar-refractivity contribution is -0.114. The number of urea groups is 1. The molecule has 0 unspecified atom stereocenters. The van der Waals surface area contributed by atoms with Gasteiger partial charge in [0.2, 0.25) is 11.0 Å². The number of rotatable bonds is 10. The number of amides is 3. The zero-order valence-corrected chi connectivity index (χ0v) is 17.1. The highest BCUT2D eigenvalue weighted by atomic mass is 32.1. The third-order valence-corrected chi connectivity index (χ3v) is 4.45. The van der Waals surface area contributed by atoms with Crippen LogP contribution in [0.1, 0.15) is 38.7 Å². The number of hydrogen-bond acceptors (Lipinski definition) is 6. The molecule has 1 aromatic heterocycles. The monoisotopic (exact) mass is 406 g/mol. The van der Waals surface area contributed by atoms with Crippen LogP contribution in [0.15, 0.2) is 24.4 Å². The van der Waals surface area contributed by atoms with E-state index in [2.05, 4.69) is 27.9 Å². The molecule has 2 aromatic rings. The second kappa shape index (κ2) is 11.3. The topological polar surface area (TPSA) is 102 Å². The number of unbranched alkanes of at least 4 members (excludes halogenated alkanes) is 2. The van der Waals surface area contributed by atoms with Crippen molar-refractivity contribution in [2.45, 2.75) is 39.7 Å². The molecular formula is C19H26N4O4S. The van der Waals surface area contributed by atoms with Crippen molar-refractivity contribution < 1.29 is 19.1 Å². The molecule has 3 N–H and O–H groups in total. The molecule has 0 bridgehead atoms. The van der Waals surface area contributed by atoms with E-state index in [1.807, 2.05) is 0 Å². The average Bonchev–Trinajstić information content (AvgIpc) is 3.07. The molecule has 3 amide bonds. The van der Waals surface area contributed by atoms with Crippen LogP contribution in [0.25, 0.3) is 0 Å². The van der Waals surface area contributed by atoms with Gasteiger partial charge in [0.05, 0.1) is 12.8 Å². The highest BCUT2D eigenvalue weighted by Crippen LogP contribution is 2.33. The van der Waals surface area contributed by atoms with Crippen molar-refractivity contribution in [2.75, 3.05) is 24.3 Å². The largest absolute Gasteiger partial charge is 0.445 e. The molecule has 1 aromatic carbocycles. The Kier molecular flexibility index (Phi) is 8.70. The van der Waals surface area contributed by atoms with Crippen LogP contribution in [-0.2, 0) is 16.1 Å². The Balaban J connectivity index is 2.02. The molecule has 0 spiro atoms. The van der Waals surface area contributed by atoms with Crippen LogP contribution in [0.5, 0.6) is 10.8 Å². The smallest absolute Gasteiger partial charge is 0.319 e. The van der Waals surface area contributed by atoms with Gasteiger partial charge in [-0.1, -0.05) is 31.1 Å². The van der Waals surface area contributed by atoms with Gasteiger partial charge in [0, 0.05) is 31.8 Å². The lowest BCUT2D eigenvalue weighted by Crippen LogP contribution is -2.29. The van der Waals surface area contributed by atoms with Crippen LogP contribution < -0.4 is 20.7 Å². The van der Waals surface area contributed by atoms with Gasteiger partial charge in [-0.3, -0.25) is 4.79 Å². The summed E-state index contributed by atoms with van der Waals surface area (Å²) in [5.74, 6) is 0.401. The van der Waals surface area contributed by atoms with E-state index >= 15 is 0 Å². The van der Waals surface area contributed by atoms with Gasteiger partial charge in [-0.2, -0.15) is 0 Å². The summed E-state index contributed by atoms with van der Waals surface area (Å²) in [6.45, 7) is 4.51. The molecule has 0 aliphatic carbocycles. The van der Waals surface area contributed by atoms with E-state index in [1.54, 1.807) is 31.5 Å². The van der Waals surface area contributed by atoms with Crippen LogP contribution in [-0.4, -0.2) is 30.6 Å². The molecule has 28 heavy (non-hydrogen) atoms. The summed E-state index contributed by atoms with van der Waals surface area (Å²) in [4.78, 5) is 27.2.